The molecule has 0 heterocycles. The van der Waals surface area contributed by atoms with Crippen molar-refractivity contribution in [3.8, 4) is 0 Å². The van der Waals surface area contributed by atoms with Gasteiger partial charge in [-0.05, 0) is 19.4 Å². The first-order chi connectivity index (χ1) is 8.51. The van der Waals surface area contributed by atoms with Gasteiger partial charge in [0.05, 0.1) is 0 Å². The van der Waals surface area contributed by atoms with E-state index >= 15 is 0 Å². The molecule has 2 heteroatoms. The highest BCUT2D eigenvalue weighted by Gasteiger charge is 2.32. The van der Waals surface area contributed by atoms with E-state index in [-0.39, 0.29) is 5.78 Å². The Hall–Kier alpha value is -1.93. The molecule has 0 unspecified atom stereocenters. The summed E-state index contributed by atoms with van der Waals surface area (Å²) in [5, 5.41) is 10.4. The summed E-state index contributed by atoms with van der Waals surface area (Å²) in [6.45, 7) is 3.50. The van der Waals surface area contributed by atoms with Crippen molar-refractivity contribution in [2.75, 3.05) is 0 Å². The van der Waals surface area contributed by atoms with Crippen LogP contribution in [0.15, 0.2) is 54.6 Å². The number of rotatable bonds is 3. The van der Waals surface area contributed by atoms with Gasteiger partial charge in [-0.3, -0.25) is 4.79 Å². The summed E-state index contributed by atoms with van der Waals surface area (Å²) in [6, 6.07) is 16.2. The van der Waals surface area contributed by atoms with Crippen molar-refractivity contribution >= 4 is 5.78 Å². The number of benzene rings is 2. The number of hydrogen-bond acceptors (Lipinski definition) is 2. The van der Waals surface area contributed by atoms with Crippen molar-refractivity contribution in [3.05, 3.63) is 71.3 Å². The molecule has 1 atom stereocenters. The van der Waals surface area contributed by atoms with Crippen molar-refractivity contribution in [2.45, 2.75) is 19.4 Å². The molecular weight excluding hydrogens is 224 g/mol. The number of ketones is 1. The fraction of sp³-hybridized carbons (Fsp3) is 0.188. The van der Waals surface area contributed by atoms with Gasteiger partial charge >= 0.3 is 0 Å². The minimum absolute atomic E-state index is 0.285. The van der Waals surface area contributed by atoms with Crippen LogP contribution in [0.2, 0.25) is 0 Å². The second kappa shape index (κ2) is 4.75. The summed E-state index contributed by atoms with van der Waals surface area (Å²) in [6.07, 6.45) is 0. The summed E-state index contributed by atoms with van der Waals surface area (Å²) in [5.41, 5.74) is 0.737. The van der Waals surface area contributed by atoms with Crippen LogP contribution in [0, 0.1) is 6.92 Å². The fourth-order valence-corrected chi connectivity index (χ4v) is 1.88. The quantitative estimate of drug-likeness (QED) is 0.837. The van der Waals surface area contributed by atoms with Gasteiger partial charge in [-0.2, -0.15) is 0 Å². The predicted octanol–water partition coefficient (Wildman–Crippen LogP) is 3.09. The molecular formula is C16H16O2. The molecule has 0 radical (unpaired) electrons. The summed E-state index contributed by atoms with van der Waals surface area (Å²) in [5.74, 6) is -0.285. The van der Waals surface area contributed by atoms with Crippen molar-refractivity contribution in [3.63, 3.8) is 0 Å². The molecule has 2 rings (SSSR count). The summed E-state index contributed by atoms with van der Waals surface area (Å²) < 4.78 is 0. The number of carbonyl (C=O) groups is 1. The molecule has 0 aliphatic heterocycles. The molecule has 0 fully saturated rings. The third-order valence-corrected chi connectivity index (χ3v) is 3.09. The van der Waals surface area contributed by atoms with E-state index < -0.39 is 5.60 Å². The Kier molecular flexibility index (Phi) is 3.30. The monoisotopic (exact) mass is 240 g/mol. The van der Waals surface area contributed by atoms with E-state index in [1.54, 1.807) is 36.4 Å². The van der Waals surface area contributed by atoms with Gasteiger partial charge in [0.25, 0.3) is 0 Å². The van der Waals surface area contributed by atoms with E-state index in [1.807, 2.05) is 25.1 Å². The van der Waals surface area contributed by atoms with Crippen LogP contribution in [0.3, 0.4) is 0 Å². The smallest absolute Gasteiger partial charge is 0.198 e. The highest BCUT2D eigenvalue weighted by Crippen LogP contribution is 2.25. The normalized spacial score (nSPS) is 13.9. The molecule has 92 valence electrons. The zero-order valence-electron chi connectivity index (χ0n) is 10.6. The second-order valence-corrected chi connectivity index (χ2v) is 4.63. The molecule has 2 nitrogen and oxygen atoms in total. The van der Waals surface area contributed by atoms with Crippen LogP contribution in [0.1, 0.15) is 28.4 Å². The highest BCUT2D eigenvalue weighted by atomic mass is 16.3. The first-order valence-electron chi connectivity index (χ1n) is 5.91. The van der Waals surface area contributed by atoms with Crippen molar-refractivity contribution < 1.29 is 9.90 Å². The Morgan fingerprint density at radius 3 is 2.11 bits per heavy atom. The Labute approximate surface area is 107 Å². The first kappa shape index (κ1) is 12.5. The van der Waals surface area contributed by atoms with Gasteiger partial charge < -0.3 is 5.11 Å². The average molecular weight is 240 g/mol. The third kappa shape index (κ3) is 2.34. The Bertz CT molecular complexity index is 539. The van der Waals surface area contributed by atoms with E-state index in [9.17, 15) is 9.90 Å². The summed E-state index contributed by atoms with van der Waals surface area (Å²) in [4.78, 5) is 12.3. The van der Waals surface area contributed by atoms with Gasteiger partial charge in [-0.25, -0.2) is 0 Å². The summed E-state index contributed by atoms with van der Waals surface area (Å²) in [7, 11) is 0. The fourth-order valence-electron chi connectivity index (χ4n) is 1.88. The van der Waals surface area contributed by atoms with Crippen LogP contribution in [0.25, 0.3) is 0 Å². The Balaban J connectivity index is 2.37. The van der Waals surface area contributed by atoms with E-state index in [0.717, 1.165) is 5.56 Å². The van der Waals surface area contributed by atoms with Gasteiger partial charge in [0.2, 0.25) is 0 Å². The van der Waals surface area contributed by atoms with Gasteiger partial charge in [-0.1, -0.05) is 60.2 Å². The largest absolute Gasteiger partial charge is 0.377 e. The maximum atomic E-state index is 12.3. The number of hydrogen-bond donors (Lipinski definition) is 1. The van der Waals surface area contributed by atoms with E-state index in [2.05, 4.69) is 0 Å². The van der Waals surface area contributed by atoms with Gasteiger partial charge in [-0.15, -0.1) is 0 Å². The number of aliphatic hydroxyl groups is 1. The average Bonchev–Trinajstić information content (AvgIpc) is 2.39. The second-order valence-electron chi connectivity index (χ2n) is 4.63. The third-order valence-electron chi connectivity index (χ3n) is 3.09. The van der Waals surface area contributed by atoms with Crippen molar-refractivity contribution in [1.29, 1.82) is 0 Å². The minimum Gasteiger partial charge on any atom is -0.377 e. The van der Waals surface area contributed by atoms with E-state index in [0.29, 0.717) is 11.1 Å². The van der Waals surface area contributed by atoms with E-state index in [1.165, 1.54) is 6.92 Å². The Morgan fingerprint density at radius 2 is 1.56 bits per heavy atom. The molecule has 0 bridgehead atoms. The number of carbonyl (C=O) groups excluding carboxylic acids is 1. The molecule has 2 aromatic rings. The van der Waals surface area contributed by atoms with Gasteiger partial charge in [0.1, 0.15) is 5.60 Å². The SMILES string of the molecule is Cc1ccc([C@](C)(O)C(=O)c2ccccc2)cc1. The summed E-state index contributed by atoms with van der Waals surface area (Å²) >= 11 is 0. The van der Waals surface area contributed by atoms with Gasteiger partial charge in [0.15, 0.2) is 5.78 Å². The molecule has 0 amide bonds. The first-order valence-corrected chi connectivity index (χ1v) is 5.91. The molecule has 2 aromatic carbocycles. The molecule has 0 aliphatic carbocycles. The van der Waals surface area contributed by atoms with Gasteiger partial charge in [0, 0.05) is 5.56 Å². The standard InChI is InChI=1S/C16H16O2/c1-12-8-10-14(11-9-12)16(2,18)15(17)13-6-4-3-5-7-13/h3-11,18H,1-2H3/t16-/m0/s1. The maximum absolute atomic E-state index is 12.3. The molecule has 0 aliphatic rings. The minimum atomic E-state index is -1.49. The van der Waals surface area contributed by atoms with E-state index in [4.69, 9.17) is 0 Å². The zero-order valence-corrected chi connectivity index (χ0v) is 10.6. The molecule has 18 heavy (non-hydrogen) atoms. The number of aryl methyl sites for hydroxylation is 1. The molecule has 0 spiro atoms. The van der Waals surface area contributed by atoms with Crippen LogP contribution >= 0.6 is 0 Å². The zero-order chi connectivity index (χ0) is 13.2. The maximum Gasteiger partial charge on any atom is 0.198 e. The Morgan fingerprint density at radius 1 is 1.00 bits per heavy atom. The molecule has 0 aromatic heterocycles. The van der Waals surface area contributed by atoms with Crippen LogP contribution in [0.5, 0.6) is 0 Å². The lowest BCUT2D eigenvalue weighted by atomic mass is 9.87. The molecule has 0 saturated heterocycles. The molecule has 1 N–H and O–H groups in total. The van der Waals surface area contributed by atoms with Crippen LogP contribution in [-0.4, -0.2) is 10.9 Å². The molecule has 0 saturated carbocycles. The van der Waals surface area contributed by atoms with Crippen LogP contribution in [0.4, 0.5) is 0 Å². The van der Waals surface area contributed by atoms with Crippen LogP contribution in [-0.2, 0) is 5.60 Å². The highest BCUT2D eigenvalue weighted by molar-refractivity contribution is 6.02. The van der Waals surface area contributed by atoms with Crippen molar-refractivity contribution in [1.82, 2.24) is 0 Å². The van der Waals surface area contributed by atoms with Crippen molar-refractivity contribution in [2.24, 2.45) is 0 Å². The lowest BCUT2D eigenvalue weighted by Crippen LogP contribution is -2.32. The van der Waals surface area contributed by atoms with Crippen LogP contribution < -0.4 is 0 Å². The topological polar surface area (TPSA) is 37.3 Å². The lowest BCUT2D eigenvalue weighted by Gasteiger charge is -2.22. The lowest BCUT2D eigenvalue weighted by molar-refractivity contribution is 0.0392. The predicted molar refractivity (Wildman–Crippen MR) is 71.5 cm³/mol. The number of Topliss-reactive ketones (excluding diaryl/α,β-unsaturated/α-hetero) is 1.